The second-order valence-corrected chi connectivity index (χ2v) is 8.43. The zero-order valence-corrected chi connectivity index (χ0v) is 13.2. The number of nitrogens with zero attached hydrogens (tertiary/aromatic N) is 3. The van der Waals surface area contributed by atoms with E-state index in [2.05, 4.69) is 5.10 Å². The second kappa shape index (κ2) is 5.70. The van der Waals surface area contributed by atoms with Gasteiger partial charge in [-0.2, -0.15) is 5.10 Å². The summed E-state index contributed by atoms with van der Waals surface area (Å²) in [5, 5.41) is 12.8. The third-order valence-corrected chi connectivity index (χ3v) is 6.80. The summed E-state index contributed by atoms with van der Waals surface area (Å²) >= 11 is 0. The van der Waals surface area contributed by atoms with Crippen molar-refractivity contribution in [3.05, 3.63) is 12.4 Å². The fourth-order valence-corrected chi connectivity index (χ4v) is 5.09. The highest BCUT2D eigenvalue weighted by molar-refractivity contribution is 7.89. The normalized spacial score (nSPS) is 28.6. The van der Waals surface area contributed by atoms with Gasteiger partial charge in [0, 0.05) is 19.8 Å². The van der Waals surface area contributed by atoms with Crippen molar-refractivity contribution in [2.75, 3.05) is 20.2 Å². The van der Waals surface area contributed by atoms with Crippen LogP contribution in [0.5, 0.6) is 0 Å². The zero-order valence-electron chi connectivity index (χ0n) is 12.4. The van der Waals surface area contributed by atoms with E-state index in [9.17, 15) is 8.42 Å². The Bertz CT molecular complexity index is 598. The molecule has 1 heterocycles. The molecule has 2 aliphatic carbocycles. The molecule has 0 radical (unpaired) electrons. The number of rotatable bonds is 6. The molecular formula is C14H23N3O3S. The Morgan fingerprint density at radius 1 is 1.43 bits per heavy atom. The van der Waals surface area contributed by atoms with E-state index >= 15 is 0 Å². The van der Waals surface area contributed by atoms with Gasteiger partial charge in [-0.05, 0) is 37.0 Å². The Balaban J connectivity index is 1.68. The maximum absolute atomic E-state index is 12.6. The summed E-state index contributed by atoms with van der Waals surface area (Å²) in [6, 6.07) is 0. The molecule has 0 amide bonds. The van der Waals surface area contributed by atoms with Gasteiger partial charge in [0.05, 0.1) is 19.3 Å². The molecule has 0 aromatic carbocycles. The Morgan fingerprint density at radius 3 is 2.86 bits per heavy atom. The largest absolute Gasteiger partial charge is 0.394 e. The highest BCUT2D eigenvalue weighted by atomic mass is 32.2. The number of aromatic nitrogens is 2. The summed E-state index contributed by atoms with van der Waals surface area (Å²) in [5.41, 5.74) is 0. The lowest BCUT2D eigenvalue weighted by Gasteiger charge is -2.26. The number of sulfonamides is 1. The van der Waals surface area contributed by atoms with Crippen LogP contribution in [0.1, 0.15) is 25.7 Å². The minimum Gasteiger partial charge on any atom is -0.394 e. The van der Waals surface area contributed by atoms with Crippen LogP contribution in [-0.2, 0) is 16.6 Å². The molecule has 2 fully saturated rings. The van der Waals surface area contributed by atoms with E-state index in [1.165, 1.54) is 47.1 Å². The predicted molar refractivity (Wildman–Crippen MR) is 78.1 cm³/mol. The number of aliphatic hydroxyl groups excluding tert-OH is 1. The van der Waals surface area contributed by atoms with E-state index in [4.69, 9.17) is 5.11 Å². The molecule has 3 atom stereocenters. The van der Waals surface area contributed by atoms with Crippen LogP contribution in [0.3, 0.4) is 0 Å². The van der Waals surface area contributed by atoms with Crippen molar-refractivity contribution < 1.29 is 13.5 Å². The van der Waals surface area contributed by atoms with Crippen molar-refractivity contribution in [3.63, 3.8) is 0 Å². The average molecular weight is 313 g/mol. The summed E-state index contributed by atoms with van der Waals surface area (Å²) in [6.07, 6.45) is 7.90. The van der Waals surface area contributed by atoms with Crippen LogP contribution in [0.2, 0.25) is 0 Å². The van der Waals surface area contributed by atoms with Crippen LogP contribution in [0.25, 0.3) is 0 Å². The smallest absolute Gasteiger partial charge is 0.245 e. The van der Waals surface area contributed by atoms with Crippen molar-refractivity contribution in [2.24, 2.45) is 17.8 Å². The number of fused-ring (bicyclic) bond motifs is 2. The number of hydrogen-bond acceptors (Lipinski definition) is 4. The lowest BCUT2D eigenvalue weighted by atomic mass is 9.89. The lowest BCUT2D eigenvalue weighted by Crippen LogP contribution is -2.33. The molecule has 2 aliphatic rings. The van der Waals surface area contributed by atoms with Crippen LogP contribution >= 0.6 is 0 Å². The van der Waals surface area contributed by atoms with Crippen LogP contribution in [0.4, 0.5) is 0 Å². The molecule has 1 aromatic heterocycles. The molecule has 0 aliphatic heterocycles. The van der Waals surface area contributed by atoms with E-state index in [1.54, 1.807) is 7.05 Å². The summed E-state index contributed by atoms with van der Waals surface area (Å²) in [5.74, 6) is 2.05. The SMILES string of the molecule is CN(CC1CC2CCC1C2)S(=O)(=O)c1cnn(CCO)c1. The zero-order chi connectivity index (χ0) is 15.0. The highest BCUT2D eigenvalue weighted by Gasteiger charge is 2.41. The minimum absolute atomic E-state index is 0.0534. The van der Waals surface area contributed by atoms with E-state index in [-0.39, 0.29) is 11.5 Å². The lowest BCUT2D eigenvalue weighted by molar-refractivity contribution is 0.269. The van der Waals surface area contributed by atoms with Gasteiger partial charge >= 0.3 is 0 Å². The third kappa shape index (κ3) is 2.86. The molecular weight excluding hydrogens is 290 g/mol. The standard InChI is InChI=1S/C14H23N3O3S/c1-16(9-13-7-11-2-3-12(13)6-11)21(19,20)14-8-15-17(10-14)4-5-18/h8,10-13,18H,2-7,9H2,1H3. The molecule has 2 saturated carbocycles. The van der Waals surface area contributed by atoms with E-state index < -0.39 is 10.0 Å². The van der Waals surface area contributed by atoms with Gasteiger partial charge in [-0.1, -0.05) is 6.42 Å². The molecule has 0 spiro atoms. The van der Waals surface area contributed by atoms with E-state index in [1.807, 2.05) is 0 Å². The van der Waals surface area contributed by atoms with Gasteiger partial charge in [0.25, 0.3) is 0 Å². The van der Waals surface area contributed by atoms with Crippen LogP contribution in [0.15, 0.2) is 17.3 Å². The van der Waals surface area contributed by atoms with Crippen LogP contribution in [-0.4, -0.2) is 47.8 Å². The number of aliphatic hydroxyl groups is 1. The molecule has 7 heteroatoms. The monoisotopic (exact) mass is 313 g/mol. The molecule has 2 bridgehead atoms. The average Bonchev–Trinajstić information content (AvgIpc) is 3.14. The number of hydrogen-bond donors (Lipinski definition) is 1. The first-order chi connectivity index (χ1) is 10.0. The van der Waals surface area contributed by atoms with Gasteiger partial charge in [-0.15, -0.1) is 0 Å². The summed E-state index contributed by atoms with van der Waals surface area (Å²) in [4.78, 5) is 0.210. The first-order valence-corrected chi connectivity index (χ1v) is 9.04. The van der Waals surface area contributed by atoms with Crippen molar-refractivity contribution >= 4 is 10.0 Å². The topological polar surface area (TPSA) is 75.4 Å². The molecule has 6 nitrogen and oxygen atoms in total. The maximum atomic E-state index is 12.6. The van der Waals surface area contributed by atoms with Crippen LogP contribution in [0, 0.1) is 17.8 Å². The van der Waals surface area contributed by atoms with E-state index in [0.717, 1.165) is 5.92 Å². The Kier molecular flexibility index (Phi) is 4.07. The van der Waals surface area contributed by atoms with Gasteiger partial charge < -0.3 is 5.11 Å². The minimum atomic E-state index is -3.47. The molecule has 21 heavy (non-hydrogen) atoms. The molecule has 1 N–H and O–H groups in total. The van der Waals surface area contributed by atoms with Crippen molar-refractivity contribution in [3.8, 4) is 0 Å². The first kappa shape index (κ1) is 15.0. The van der Waals surface area contributed by atoms with Gasteiger partial charge in [-0.3, -0.25) is 4.68 Å². The first-order valence-electron chi connectivity index (χ1n) is 7.60. The fraction of sp³-hybridized carbons (Fsp3) is 0.786. The summed E-state index contributed by atoms with van der Waals surface area (Å²) in [7, 11) is -1.81. The van der Waals surface area contributed by atoms with Gasteiger partial charge in [-0.25, -0.2) is 12.7 Å². The van der Waals surface area contributed by atoms with Crippen LogP contribution < -0.4 is 0 Å². The van der Waals surface area contributed by atoms with Gasteiger partial charge in [0.15, 0.2) is 0 Å². The quantitative estimate of drug-likeness (QED) is 0.848. The summed E-state index contributed by atoms with van der Waals surface area (Å²) < 4.78 is 28.0. The fourth-order valence-electron chi connectivity index (χ4n) is 3.91. The van der Waals surface area contributed by atoms with Crippen molar-refractivity contribution in [2.45, 2.75) is 37.1 Å². The van der Waals surface area contributed by atoms with Crippen molar-refractivity contribution in [1.29, 1.82) is 0 Å². The summed E-state index contributed by atoms with van der Waals surface area (Å²) in [6.45, 7) is 0.864. The predicted octanol–water partition coefficient (Wildman–Crippen LogP) is 0.932. The molecule has 3 unspecified atom stereocenters. The highest BCUT2D eigenvalue weighted by Crippen LogP contribution is 2.48. The van der Waals surface area contributed by atoms with Gasteiger partial charge in [0.2, 0.25) is 10.0 Å². The Labute approximate surface area is 125 Å². The van der Waals surface area contributed by atoms with E-state index in [0.29, 0.717) is 24.9 Å². The van der Waals surface area contributed by atoms with Gasteiger partial charge in [0.1, 0.15) is 4.90 Å². The van der Waals surface area contributed by atoms with Crippen molar-refractivity contribution in [1.82, 2.24) is 14.1 Å². The molecule has 118 valence electrons. The molecule has 1 aromatic rings. The molecule has 0 saturated heterocycles. The third-order valence-electron chi connectivity index (χ3n) is 5.02. The Morgan fingerprint density at radius 2 is 2.24 bits per heavy atom. The second-order valence-electron chi connectivity index (χ2n) is 6.38. The molecule has 3 rings (SSSR count). The Hall–Kier alpha value is -0.920. The maximum Gasteiger partial charge on any atom is 0.245 e.